The minimum absolute atomic E-state index is 0.261. The van der Waals surface area contributed by atoms with Crippen molar-refractivity contribution < 1.29 is 13.9 Å². The Kier molecular flexibility index (Phi) is 7.97. The predicted octanol–water partition coefficient (Wildman–Crippen LogP) is 7.94. The molecule has 7 heteroatoms. The number of hydrogen-bond acceptors (Lipinski definition) is 3. The smallest absolute Gasteiger partial charge is 0.175 e. The molecular formula is C24H17BrCl2FNO2. The number of nitriles is 1. The molecule has 3 nitrogen and oxygen atoms in total. The number of allylic oxidation sites excluding steroid dienone is 1. The molecule has 3 rings (SSSR count). The van der Waals surface area contributed by atoms with E-state index >= 15 is 0 Å². The molecule has 0 aromatic heterocycles. The zero-order chi connectivity index (χ0) is 22.4. The molecule has 0 aliphatic carbocycles. The minimum atomic E-state index is -0.402. The first-order valence-electron chi connectivity index (χ1n) is 9.32. The molecule has 0 N–H and O–H groups in total. The highest BCUT2D eigenvalue weighted by molar-refractivity contribution is 9.10. The maximum atomic E-state index is 13.6. The van der Waals surface area contributed by atoms with E-state index in [2.05, 4.69) is 22.0 Å². The molecule has 0 amide bonds. The monoisotopic (exact) mass is 519 g/mol. The van der Waals surface area contributed by atoms with E-state index in [0.29, 0.717) is 49.3 Å². The predicted molar refractivity (Wildman–Crippen MR) is 126 cm³/mol. The maximum Gasteiger partial charge on any atom is 0.175 e. The summed E-state index contributed by atoms with van der Waals surface area (Å²) in [5.41, 5.74) is 2.39. The number of hydrogen-bond donors (Lipinski definition) is 0. The standard InChI is InChI=1S/C24H17BrCl2FNO2/c1-2-30-23-11-16(8-18(13-29)17-4-3-5-19(28)12-17)9-20(25)24(23)31-14-15-6-7-21(26)22(27)10-15/h3-12H,2,14H2,1H3/b18-8-. The van der Waals surface area contributed by atoms with Crippen molar-refractivity contribution >= 4 is 50.8 Å². The summed E-state index contributed by atoms with van der Waals surface area (Å²) >= 11 is 15.6. The SMILES string of the molecule is CCOc1cc(/C=C(/C#N)c2cccc(F)c2)cc(Br)c1OCc1ccc(Cl)c(Cl)c1. The van der Waals surface area contributed by atoms with Crippen LogP contribution >= 0.6 is 39.1 Å². The van der Waals surface area contributed by atoms with Gasteiger partial charge in [0.1, 0.15) is 12.4 Å². The first-order valence-corrected chi connectivity index (χ1v) is 10.9. The van der Waals surface area contributed by atoms with E-state index in [9.17, 15) is 9.65 Å². The van der Waals surface area contributed by atoms with Crippen LogP contribution in [0.15, 0.2) is 59.1 Å². The Bertz CT molecular complexity index is 1170. The zero-order valence-corrected chi connectivity index (χ0v) is 19.6. The van der Waals surface area contributed by atoms with Crippen LogP contribution < -0.4 is 9.47 Å². The first-order chi connectivity index (χ1) is 14.9. The van der Waals surface area contributed by atoms with Gasteiger partial charge in [-0.25, -0.2) is 4.39 Å². The first kappa shape index (κ1) is 23.1. The molecule has 0 bridgehead atoms. The normalized spacial score (nSPS) is 11.2. The number of ether oxygens (including phenoxy) is 2. The second-order valence-corrected chi connectivity index (χ2v) is 8.15. The molecular weight excluding hydrogens is 504 g/mol. The fourth-order valence-corrected chi connectivity index (χ4v) is 3.76. The number of halogens is 4. The highest BCUT2D eigenvalue weighted by Crippen LogP contribution is 2.38. The Balaban J connectivity index is 1.92. The Hall–Kier alpha value is -2.52. The van der Waals surface area contributed by atoms with Gasteiger partial charge in [0.15, 0.2) is 11.5 Å². The van der Waals surface area contributed by atoms with Crippen molar-refractivity contribution in [2.75, 3.05) is 6.61 Å². The lowest BCUT2D eigenvalue weighted by Gasteiger charge is -2.15. The molecule has 0 fully saturated rings. The topological polar surface area (TPSA) is 42.2 Å². The number of rotatable bonds is 7. The van der Waals surface area contributed by atoms with E-state index in [0.717, 1.165) is 5.56 Å². The van der Waals surface area contributed by atoms with Crippen LogP contribution in [-0.4, -0.2) is 6.61 Å². The molecule has 31 heavy (non-hydrogen) atoms. The van der Waals surface area contributed by atoms with Gasteiger partial charge in [-0.2, -0.15) is 5.26 Å². The Labute approximate surface area is 198 Å². The zero-order valence-electron chi connectivity index (χ0n) is 16.5. The lowest BCUT2D eigenvalue weighted by atomic mass is 10.0. The summed E-state index contributed by atoms with van der Waals surface area (Å²) in [6.07, 6.45) is 1.67. The summed E-state index contributed by atoms with van der Waals surface area (Å²) in [6.45, 7) is 2.56. The molecule has 0 aliphatic rings. The van der Waals surface area contributed by atoms with Gasteiger partial charge >= 0.3 is 0 Å². The lowest BCUT2D eigenvalue weighted by Crippen LogP contribution is -2.01. The van der Waals surface area contributed by atoms with E-state index < -0.39 is 5.82 Å². The van der Waals surface area contributed by atoms with Crippen molar-refractivity contribution in [2.45, 2.75) is 13.5 Å². The van der Waals surface area contributed by atoms with E-state index in [4.69, 9.17) is 32.7 Å². The fraction of sp³-hybridized carbons (Fsp3) is 0.125. The van der Waals surface area contributed by atoms with Crippen molar-refractivity contribution in [3.05, 3.63) is 91.6 Å². The minimum Gasteiger partial charge on any atom is -0.490 e. The average molecular weight is 521 g/mol. The Morgan fingerprint density at radius 3 is 2.58 bits per heavy atom. The van der Waals surface area contributed by atoms with Crippen LogP contribution in [0.2, 0.25) is 10.0 Å². The van der Waals surface area contributed by atoms with Crippen LogP contribution in [0.5, 0.6) is 11.5 Å². The molecule has 0 atom stereocenters. The second-order valence-electron chi connectivity index (χ2n) is 6.48. The summed E-state index contributed by atoms with van der Waals surface area (Å²) in [4.78, 5) is 0. The van der Waals surface area contributed by atoms with Gasteiger partial charge < -0.3 is 9.47 Å². The molecule has 3 aromatic rings. The van der Waals surface area contributed by atoms with E-state index in [1.165, 1.54) is 12.1 Å². The maximum absolute atomic E-state index is 13.6. The van der Waals surface area contributed by atoms with Gasteiger partial charge in [-0.15, -0.1) is 0 Å². The summed E-state index contributed by atoms with van der Waals surface area (Å²) in [7, 11) is 0. The van der Waals surface area contributed by atoms with Crippen LogP contribution in [0.4, 0.5) is 4.39 Å². The van der Waals surface area contributed by atoms with E-state index in [1.54, 1.807) is 36.4 Å². The lowest BCUT2D eigenvalue weighted by molar-refractivity contribution is 0.267. The molecule has 0 unspecified atom stereocenters. The fourth-order valence-electron chi connectivity index (χ4n) is 2.86. The molecule has 0 spiro atoms. The van der Waals surface area contributed by atoms with Gasteiger partial charge in [-0.05, 0) is 82.0 Å². The molecule has 3 aromatic carbocycles. The van der Waals surface area contributed by atoms with Crippen molar-refractivity contribution in [3.63, 3.8) is 0 Å². The van der Waals surface area contributed by atoms with Crippen molar-refractivity contribution in [3.8, 4) is 17.6 Å². The second kappa shape index (κ2) is 10.7. The van der Waals surface area contributed by atoms with Gasteiger partial charge in [0.2, 0.25) is 0 Å². The summed E-state index contributed by atoms with van der Waals surface area (Å²) in [5, 5.41) is 10.5. The van der Waals surface area contributed by atoms with Gasteiger partial charge in [0.25, 0.3) is 0 Å². The third kappa shape index (κ3) is 6.01. The summed E-state index contributed by atoms with van der Waals surface area (Å²) in [6, 6.07) is 16.9. The average Bonchev–Trinajstić information content (AvgIpc) is 2.74. The van der Waals surface area contributed by atoms with Gasteiger partial charge in [-0.3, -0.25) is 0 Å². The van der Waals surface area contributed by atoms with Crippen LogP contribution in [-0.2, 0) is 6.61 Å². The third-order valence-electron chi connectivity index (χ3n) is 4.27. The molecule has 0 saturated heterocycles. The molecule has 0 radical (unpaired) electrons. The van der Waals surface area contributed by atoms with Crippen LogP contribution in [0.3, 0.4) is 0 Å². The van der Waals surface area contributed by atoms with Crippen molar-refractivity contribution in [1.82, 2.24) is 0 Å². The van der Waals surface area contributed by atoms with E-state index in [-0.39, 0.29) is 6.61 Å². The Morgan fingerprint density at radius 1 is 1.10 bits per heavy atom. The number of nitrogens with zero attached hydrogens (tertiary/aromatic N) is 1. The molecule has 0 saturated carbocycles. The largest absolute Gasteiger partial charge is 0.490 e. The highest BCUT2D eigenvalue weighted by Gasteiger charge is 2.13. The summed E-state index contributed by atoms with van der Waals surface area (Å²) in [5.74, 6) is 0.634. The molecule has 158 valence electrons. The van der Waals surface area contributed by atoms with Gasteiger partial charge in [0, 0.05) is 0 Å². The number of benzene rings is 3. The Morgan fingerprint density at radius 2 is 1.90 bits per heavy atom. The van der Waals surface area contributed by atoms with Crippen LogP contribution in [0, 0.1) is 17.1 Å². The van der Waals surface area contributed by atoms with E-state index in [1.807, 2.05) is 19.1 Å². The summed E-state index contributed by atoms with van der Waals surface area (Å²) < 4.78 is 25.9. The third-order valence-corrected chi connectivity index (χ3v) is 5.59. The van der Waals surface area contributed by atoms with Crippen LogP contribution in [0.1, 0.15) is 23.6 Å². The quantitative estimate of drug-likeness (QED) is 0.234. The van der Waals surface area contributed by atoms with Crippen molar-refractivity contribution in [2.24, 2.45) is 0 Å². The van der Waals surface area contributed by atoms with Crippen LogP contribution in [0.25, 0.3) is 11.6 Å². The van der Waals surface area contributed by atoms with Gasteiger partial charge in [0.05, 0.1) is 32.8 Å². The van der Waals surface area contributed by atoms with Gasteiger partial charge in [-0.1, -0.05) is 41.4 Å². The molecule has 0 heterocycles. The molecule has 0 aliphatic heterocycles. The van der Waals surface area contributed by atoms with Crippen molar-refractivity contribution in [1.29, 1.82) is 5.26 Å². The highest BCUT2D eigenvalue weighted by atomic mass is 79.9.